The molecule has 0 saturated heterocycles. The molecule has 2 amide bonds. The van der Waals surface area contributed by atoms with Crippen molar-refractivity contribution in [2.75, 3.05) is 13.1 Å². The molecule has 0 saturated carbocycles. The number of hydrogen-bond acceptors (Lipinski definition) is 5. The predicted octanol–water partition coefficient (Wildman–Crippen LogP) is -0.666. The van der Waals surface area contributed by atoms with E-state index in [0.29, 0.717) is 4.67 Å². The molecule has 1 aromatic heterocycles. The first kappa shape index (κ1) is 15.2. The lowest BCUT2D eigenvalue weighted by Gasteiger charge is -2.08. The predicted molar refractivity (Wildman–Crippen MR) is 65.4 cm³/mol. The summed E-state index contributed by atoms with van der Waals surface area (Å²) in [5, 5.41) is 21.7. The number of amides is 2. The number of carbonyl (C=O) groups excluding carboxylic acids is 2. The number of hydrogen-bond donors (Lipinski definition) is 4. The minimum absolute atomic E-state index is 0.0326. The Balaban J connectivity index is 2.30. The monoisotopic (exact) mass is 334 g/mol. The van der Waals surface area contributed by atoms with E-state index in [2.05, 4.69) is 26.6 Å². The third kappa shape index (κ3) is 5.10. The number of aliphatic carboxylic acids is 1. The van der Waals surface area contributed by atoms with Gasteiger partial charge in [-0.05, 0) is 28.1 Å². The number of furan rings is 1. The highest BCUT2D eigenvalue weighted by molar-refractivity contribution is 9.10. The third-order valence-electron chi connectivity index (χ3n) is 1.98. The van der Waals surface area contributed by atoms with Gasteiger partial charge >= 0.3 is 5.97 Å². The molecule has 4 N–H and O–H groups in total. The Hall–Kier alpha value is -1.87. The van der Waals surface area contributed by atoms with E-state index in [0.717, 1.165) is 0 Å². The molecule has 1 atom stereocenters. The highest BCUT2D eigenvalue weighted by Gasteiger charge is 2.15. The van der Waals surface area contributed by atoms with Gasteiger partial charge in [0.2, 0.25) is 5.91 Å². The molecule has 0 radical (unpaired) electrons. The van der Waals surface area contributed by atoms with E-state index in [9.17, 15) is 14.4 Å². The van der Waals surface area contributed by atoms with E-state index in [1.165, 1.54) is 12.1 Å². The van der Waals surface area contributed by atoms with Gasteiger partial charge in [-0.3, -0.25) is 9.59 Å². The van der Waals surface area contributed by atoms with Crippen LogP contribution in [0.1, 0.15) is 10.6 Å². The molecule has 1 heterocycles. The zero-order chi connectivity index (χ0) is 14.4. The van der Waals surface area contributed by atoms with Crippen LogP contribution >= 0.6 is 15.9 Å². The number of aliphatic hydroxyl groups excluding tert-OH is 1. The molecule has 0 fully saturated rings. The summed E-state index contributed by atoms with van der Waals surface area (Å²) in [5.74, 6) is -2.62. The van der Waals surface area contributed by atoms with Crippen molar-refractivity contribution < 1.29 is 29.0 Å². The van der Waals surface area contributed by atoms with Crippen molar-refractivity contribution >= 4 is 33.7 Å². The van der Waals surface area contributed by atoms with Crippen molar-refractivity contribution in [1.82, 2.24) is 10.6 Å². The van der Waals surface area contributed by atoms with E-state index < -0.39 is 30.4 Å². The fraction of sp³-hybridized carbons (Fsp3) is 0.300. The number of carboxylic acid groups (broad SMARTS) is 1. The van der Waals surface area contributed by atoms with Gasteiger partial charge in [0.1, 0.15) is 0 Å². The fourth-order valence-corrected chi connectivity index (χ4v) is 1.35. The van der Waals surface area contributed by atoms with Crippen LogP contribution in [0.25, 0.3) is 0 Å². The Labute approximate surface area is 115 Å². The first-order valence-corrected chi connectivity index (χ1v) is 5.90. The second-order valence-electron chi connectivity index (χ2n) is 3.44. The zero-order valence-corrected chi connectivity index (χ0v) is 11.1. The maximum absolute atomic E-state index is 11.5. The summed E-state index contributed by atoms with van der Waals surface area (Å²) in [4.78, 5) is 33.0. The molecule has 0 unspecified atom stereocenters. The summed E-state index contributed by atoms with van der Waals surface area (Å²) in [6, 6.07) is 2.95. The molecule has 0 aromatic carbocycles. The third-order valence-corrected chi connectivity index (χ3v) is 2.41. The zero-order valence-electron chi connectivity index (χ0n) is 9.55. The molecule has 9 heteroatoms. The van der Waals surface area contributed by atoms with Crippen LogP contribution in [0.5, 0.6) is 0 Å². The van der Waals surface area contributed by atoms with E-state index in [4.69, 9.17) is 14.6 Å². The maximum Gasteiger partial charge on any atom is 0.334 e. The lowest BCUT2D eigenvalue weighted by atomic mass is 10.3. The van der Waals surface area contributed by atoms with Gasteiger partial charge in [0.15, 0.2) is 16.5 Å². The molecule has 1 aromatic rings. The molecule has 0 bridgehead atoms. The molecule has 19 heavy (non-hydrogen) atoms. The van der Waals surface area contributed by atoms with Crippen LogP contribution in [0.15, 0.2) is 21.2 Å². The smallest absolute Gasteiger partial charge is 0.334 e. The lowest BCUT2D eigenvalue weighted by molar-refractivity contribution is -0.146. The number of rotatable bonds is 6. The second kappa shape index (κ2) is 6.90. The van der Waals surface area contributed by atoms with Gasteiger partial charge in [0, 0.05) is 0 Å². The molecule has 0 spiro atoms. The van der Waals surface area contributed by atoms with Gasteiger partial charge in [0.25, 0.3) is 5.91 Å². The van der Waals surface area contributed by atoms with Crippen LogP contribution in [-0.2, 0) is 9.59 Å². The van der Waals surface area contributed by atoms with Crippen molar-refractivity contribution in [1.29, 1.82) is 0 Å². The van der Waals surface area contributed by atoms with Crippen LogP contribution in [-0.4, -0.2) is 47.2 Å². The number of halogens is 1. The van der Waals surface area contributed by atoms with Gasteiger partial charge in [-0.15, -0.1) is 0 Å². The van der Waals surface area contributed by atoms with Crippen LogP contribution < -0.4 is 10.6 Å². The molecule has 0 aliphatic carbocycles. The summed E-state index contributed by atoms with van der Waals surface area (Å²) in [6.07, 6.45) is -1.68. The number of carboxylic acids is 1. The van der Waals surface area contributed by atoms with Crippen molar-refractivity contribution in [3.63, 3.8) is 0 Å². The Morgan fingerprint density at radius 1 is 1.32 bits per heavy atom. The minimum atomic E-state index is -1.68. The van der Waals surface area contributed by atoms with Crippen molar-refractivity contribution in [3.8, 4) is 0 Å². The first-order valence-electron chi connectivity index (χ1n) is 5.11. The van der Waals surface area contributed by atoms with Crippen molar-refractivity contribution in [3.05, 3.63) is 22.6 Å². The normalized spacial score (nSPS) is 11.7. The Morgan fingerprint density at radius 2 is 2.00 bits per heavy atom. The van der Waals surface area contributed by atoms with Gasteiger partial charge in [-0.25, -0.2) is 4.79 Å². The number of carbonyl (C=O) groups is 3. The lowest BCUT2D eigenvalue weighted by Crippen LogP contribution is -2.41. The molecular formula is C10H11BrN2O6. The van der Waals surface area contributed by atoms with E-state index in [1.807, 2.05) is 0 Å². The standard InChI is InChI=1S/C10H11BrN2O6/c11-7-2-1-6(19-7)9(16)13-4-8(15)12-3-5(14)10(17)18/h1-2,5,14H,3-4H2,(H,12,15)(H,13,16)(H,17,18)/t5-/m0/s1. The second-order valence-corrected chi connectivity index (χ2v) is 4.23. The largest absolute Gasteiger partial charge is 0.479 e. The van der Waals surface area contributed by atoms with Crippen molar-refractivity contribution in [2.24, 2.45) is 0 Å². The molecule has 0 aliphatic heterocycles. The quantitative estimate of drug-likeness (QED) is 0.546. The summed E-state index contributed by atoms with van der Waals surface area (Å²) < 4.78 is 5.34. The Kier molecular flexibility index (Phi) is 5.52. The van der Waals surface area contributed by atoms with Gasteiger partial charge in [-0.2, -0.15) is 0 Å². The highest BCUT2D eigenvalue weighted by Crippen LogP contribution is 2.13. The molecule has 104 valence electrons. The molecule has 8 nitrogen and oxygen atoms in total. The van der Waals surface area contributed by atoms with Gasteiger partial charge in [0.05, 0.1) is 13.1 Å². The molecular weight excluding hydrogens is 324 g/mol. The molecule has 0 aliphatic rings. The van der Waals surface area contributed by atoms with Crippen LogP contribution in [0.4, 0.5) is 0 Å². The summed E-state index contributed by atoms with van der Waals surface area (Å²) >= 11 is 3.03. The van der Waals surface area contributed by atoms with Crippen LogP contribution in [0.2, 0.25) is 0 Å². The van der Waals surface area contributed by atoms with Gasteiger partial charge in [-0.1, -0.05) is 0 Å². The highest BCUT2D eigenvalue weighted by atomic mass is 79.9. The van der Waals surface area contributed by atoms with Crippen molar-refractivity contribution in [2.45, 2.75) is 6.10 Å². The first-order chi connectivity index (χ1) is 8.90. The summed E-state index contributed by atoms with van der Waals surface area (Å²) in [7, 11) is 0. The van der Waals surface area contributed by atoms with Crippen LogP contribution in [0.3, 0.4) is 0 Å². The van der Waals surface area contributed by atoms with Gasteiger partial charge < -0.3 is 25.3 Å². The summed E-state index contributed by atoms with van der Waals surface area (Å²) in [6.45, 7) is -0.792. The topological polar surface area (TPSA) is 129 Å². The van der Waals surface area contributed by atoms with E-state index >= 15 is 0 Å². The Bertz CT molecular complexity index is 486. The van der Waals surface area contributed by atoms with E-state index in [1.54, 1.807) is 0 Å². The number of aliphatic hydroxyl groups is 1. The fourth-order valence-electron chi connectivity index (χ4n) is 1.04. The maximum atomic E-state index is 11.5. The molecule has 1 rings (SSSR count). The Morgan fingerprint density at radius 3 is 2.53 bits per heavy atom. The average molecular weight is 335 g/mol. The van der Waals surface area contributed by atoms with E-state index in [-0.39, 0.29) is 12.3 Å². The summed E-state index contributed by atoms with van der Waals surface area (Å²) in [5.41, 5.74) is 0. The average Bonchev–Trinajstić information content (AvgIpc) is 2.79. The van der Waals surface area contributed by atoms with Crippen LogP contribution in [0, 0.1) is 0 Å². The number of nitrogens with one attached hydrogen (secondary N) is 2. The SMILES string of the molecule is O=C(CNC(=O)c1ccc(Br)o1)NC[C@H](O)C(=O)O. The minimum Gasteiger partial charge on any atom is -0.479 e.